The van der Waals surface area contributed by atoms with Crippen molar-refractivity contribution in [2.24, 2.45) is 0 Å². The Hall–Kier alpha value is -0.290. The third-order valence-electron chi connectivity index (χ3n) is 3.83. The average molecular weight is 484 g/mol. The molecule has 1 atom stereocenters. The molecule has 0 radical (unpaired) electrons. The van der Waals surface area contributed by atoms with Crippen molar-refractivity contribution in [2.75, 3.05) is 32.1 Å². The number of aliphatic hydroxyl groups excluding tert-OH is 1. The standard InChI is InChI=1S/C23H49NO7S/c1-19(2,3)28-15-23(16-29-20(4,5)6,17-30-21(7,8)9)24-13-18(25)14-32(26,27)31-22(10,11)12/h18,24-25H,13-17H2,1-12H3. The Labute approximate surface area is 196 Å². The van der Waals surface area contributed by atoms with Crippen LogP contribution in [0.25, 0.3) is 0 Å². The summed E-state index contributed by atoms with van der Waals surface area (Å²) in [6.45, 7) is 23.3. The summed E-state index contributed by atoms with van der Waals surface area (Å²) in [6, 6.07) is 0. The average Bonchev–Trinajstić information content (AvgIpc) is 2.48. The highest BCUT2D eigenvalue weighted by molar-refractivity contribution is 7.86. The molecule has 0 bridgehead atoms. The fourth-order valence-electron chi connectivity index (χ4n) is 2.39. The molecule has 9 heteroatoms. The van der Waals surface area contributed by atoms with Crippen LogP contribution in [0.3, 0.4) is 0 Å². The highest BCUT2D eigenvalue weighted by Gasteiger charge is 2.37. The summed E-state index contributed by atoms with van der Waals surface area (Å²) >= 11 is 0. The fourth-order valence-corrected chi connectivity index (χ4v) is 3.80. The minimum atomic E-state index is -3.90. The lowest BCUT2D eigenvalue weighted by Crippen LogP contribution is -2.60. The first-order chi connectivity index (χ1) is 13.9. The molecule has 0 aliphatic rings. The first kappa shape index (κ1) is 31.7. The first-order valence-electron chi connectivity index (χ1n) is 11.2. The number of ether oxygens (including phenoxy) is 3. The molecule has 0 aliphatic heterocycles. The van der Waals surface area contributed by atoms with Crippen LogP contribution >= 0.6 is 0 Å². The normalized spacial score (nSPS) is 15.8. The Balaban J connectivity index is 5.59. The van der Waals surface area contributed by atoms with Crippen LogP contribution in [0.15, 0.2) is 0 Å². The van der Waals surface area contributed by atoms with E-state index in [1.54, 1.807) is 20.8 Å². The van der Waals surface area contributed by atoms with Crippen LogP contribution in [0, 0.1) is 0 Å². The molecule has 0 aromatic heterocycles. The Morgan fingerprint density at radius 2 is 1.03 bits per heavy atom. The van der Waals surface area contributed by atoms with Gasteiger partial charge >= 0.3 is 0 Å². The largest absolute Gasteiger partial charge is 0.391 e. The summed E-state index contributed by atoms with van der Waals surface area (Å²) < 4.78 is 47.9. The van der Waals surface area contributed by atoms with Crippen molar-refractivity contribution in [3.05, 3.63) is 0 Å². The first-order valence-corrected chi connectivity index (χ1v) is 12.8. The monoisotopic (exact) mass is 483 g/mol. The van der Waals surface area contributed by atoms with E-state index in [1.807, 2.05) is 62.3 Å². The van der Waals surface area contributed by atoms with E-state index in [0.717, 1.165) is 0 Å². The molecule has 0 spiro atoms. The zero-order chi connectivity index (χ0) is 25.6. The second kappa shape index (κ2) is 11.4. The summed E-state index contributed by atoms with van der Waals surface area (Å²) in [6.07, 6.45) is -1.18. The lowest BCUT2D eigenvalue weighted by molar-refractivity contribution is -0.126. The molecule has 0 aromatic carbocycles. The van der Waals surface area contributed by atoms with Gasteiger partial charge in [0.1, 0.15) is 5.75 Å². The summed E-state index contributed by atoms with van der Waals surface area (Å²) in [5.41, 5.74) is -2.88. The molecule has 0 amide bonds. The van der Waals surface area contributed by atoms with Gasteiger partial charge in [-0.1, -0.05) is 0 Å². The zero-order valence-corrected chi connectivity index (χ0v) is 23.2. The fraction of sp³-hybridized carbons (Fsp3) is 1.00. The van der Waals surface area contributed by atoms with E-state index in [4.69, 9.17) is 18.4 Å². The maximum absolute atomic E-state index is 12.3. The Bertz CT molecular complexity index is 604. The maximum atomic E-state index is 12.3. The van der Waals surface area contributed by atoms with E-state index in [-0.39, 0.29) is 26.4 Å². The van der Waals surface area contributed by atoms with Gasteiger partial charge in [0.25, 0.3) is 10.1 Å². The van der Waals surface area contributed by atoms with E-state index in [0.29, 0.717) is 0 Å². The van der Waals surface area contributed by atoms with Crippen LogP contribution in [0.1, 0.15) is 83.1 Å². The van der Waals surface area contributed by atoms with Crippen molar-refractivity contribution in [3.8, 4) is 0 Å². The van der Waals surface area contributed by atoms with E-state index in [2.05, 4.69) is 5.32 Å². The van der Waals surface area contributed by atoms with Gasteiger partial charge in [-0.15, -0.1) is 0 Å². The molecule has 194 valence electrons. The SMILES string of the molecule is CC(C)(C)OCC(COC(C)(C)C)(COC(C)(C)C)NCC(O)CS(=O)(=O)OC(C)(C)C. The summed E-state index contributed by atoms with van der Waals surface area (Å²) in [5, 5.41) is 13.8. The van der Waals surface area contributed by atoms with Gasteiger partial charge < -0.3 is 24.6 Å². The van der Waals surface area contributed by atoms with Crippen LogP contribution in [-0.2, 0) is 28.5 Å². The molecule has 0 heterocycles. The lowest BCUT2D eigenvalue weighted by atomic mass is 10.0. The number of aliphatic hydroxyl groups is 1. The minimum absolute atomic E-state index is 0.00123. The van der Waals surface area contributed by atoms with Crippen molar-refractivity contribution in [2.45, 2.75) is 117 Å². The topological polar surface area (TPSA) is 103 Å². The molecule has 0 rings (SSSR count). The molecule has 1 unspecified atom stereocenters. The quantitative estimate of drug-likeness (QED) is 0.408. The van der Waals surface area contributed by atoms with Crippen molar-refractivity contribution in [1.82, 2.24) is 5.32 Å². The molecule has 8 nitrogen and oxygen atoms in total. The highest BCUT2D eigenvalue weighted by Crippen LogP contribution is 2.21. The van der Waals surface area contributed by atoms with Gasteiger partial charge in [0.05, 0.1) is 53.9 Å². The van der Waals surface area contributed by atoms with E-state index >= 15 is 0 Å². The van der Waals surface area contributed by atoms with Gasteiger partial charge in [-0.05, 0) is 83.1 Å². The molecular formula is C23H49NO7S. The third-order valence-corrected chi connectivity index (χ3v) is 5.38. The highest BCUT2D eigenvalue weighted by atomic mass is 32.2. The number of hydrogen-bond acceptors (Lipinski definition) is 8. The molecule has 2 N–H and O–H groups in total. The van der Waals surface area contributed by atoms with Crippen LogP contribution in [-0.4, -0.2) is 79.7 Å². The zero-order valence-electron chi connectivity index (χ0n) is 22.4. The Kier molecular flexibility index (Phi) is 11.3. The molecule has 32 heavy (non-hydrogen) atoms. The minimum Gasteiger partial charge on any atom is -0.391 e. The van der Waals surface area contributed by atoms with Crippen LogP contribution in [0.4, 0.5) is 0 Å². The smallest absolute Gasteiger partial charge is 0.270 e. The number of β-amino-alcohol motifs (C(OH)–C–C–N with tert-alkyl or cyclic N) is 1. The lowest BCUT2D eigenvalue weighted by Gasteiger charge is -2.40. The van der Waals surface area contributed by atoms with Crippen molar-refractivity contribution >= 4 is 10.1 Å². The van der Waals surface area contributed by atoms with Crippen LogP contribution in [0.5, 0.6) is 0 Å². The van der Waals surface area contributed by atoms with E-state index in [9.17, 15) is 13.5 Å². The summed E-state index contributed by atoms with van der Waals surface area (Å²) in [7, 11) is -3.90. The van der Waals surface area contributed by atoms with Crippen molar-refractivity contribution in [3.63, 3.8) is 0 Å². The third kappa shape index (κ3) is 17.2. The van der Waals surface area contributed by atoms with Gasteiger partial charge in [0.2, 0.25) is 0 Å². The molecule has 0 saturated carbocycles. The number of hydrogen-bond donors (Lipinski definition) is 2. The van der Waals surface area contributed by atoms with Crippen LogP contribution in [0.2, 0.25) is 0 Å². The molecule has 0 fully saturated rings. The van der Waals surface area contributed by atoms with Crippen molar-refractivity contribution in [1.29, 1.82) is 0 Å². The van der Waals surface area contributed by atoms with Gasteiger partial charge in [0.15, 0.2) is 0 Å². The van der Waals surface area contributed by atoms with Gasteiger partial charge in [0, 0.05) is 6.54 Å². The van der Waals surface area contributed by atoms with Gasteiger partial charge in [-0.2, -0.15) is 8.42 Å². The van der Waals surface area contributed by atoms with Gasteiger partial charge in [-0.3, -0.25) is 4.18 Å². The molecule has 0 aliphatic carbocycles. The Morgan fingerprint density at radius 1 is 0.688 bits per heavy atom. The van der Waals surface area contributed by atoms with Crippen molar-refractivity contribution < 1.29 is 31.9 Å². The number of rotatable bonds is 12. The van der Waals surface area contributed by atoms with Gasteiger partial charge in [-0.25, -0.2) is 0 Å². The second-order valence-electron chi connectivity index (χ2n) is 12.4. The maximum Gasteiger partial charge on any atom is 0.270 e. The predicted octanol–water partition coefficient (Wildman–Crippen LogP) is 3.27. The molecule has 0 saturated heterocycles. The molecular weight excluding hydrogens is 434 g/mol. The van der Waals surface area contributed by atoms with Crippen LogP contribution < -0.4 is 5.32 Å². The van der Waals surface area contributed by atoms with E-state index < -0.39 is 49.9 Å². The Morgan fingerprint density at radius 3 is 1.31 bits per heavy atom. The second-order valence-corrected chi connectivity index (χ2v) is 14.1. The predicted molar refractivity (Wildman–Crippen MR) is 128 cm³/mol. The number of nitrogens with one attached hydrogen (secondary N) is 1. The van der Waals surface area contributed by atoms with E-state index in [1.165, 1.54) is 0 Å². The summed E-state index contributed by atoms with van der Waals surface area (Å²) in [4.78, 5) is 0. The molecule has 0 aromatic rings. The summed E-state index contributed by atoms with van der Waals surface area (Å²) in [5.74, 6) is -0.520.